The first-order valence-corrected chi connectivity index (χ1v) is 9.46. The number of aromatic nitrogens is 1. The van der Waals surface area contributed by atoms with E-state index in [0.717, 1.165) is 17.9 Å². The van der Waals surface area contributed by atoms with Crippen LogP contribution in [0.15, 0.2) is 0 Å². The Labute approximate surface area is 133 Å². The van der Waals surface area contributed by atoms with Crippen LogP contribution in [0, 0.1) is 31.6 Å². The molecule has 0 aromatic carbocycles. The quantitative estimate of drug-likeness (QED) is 0.864. The SMILES string of the molecule is Cc1nc(C2(NC3CC3)CC(C)CCC2C(C)C)sc1C. The maximum atomic E-state index is 5.01. The number of rotatable bonds is 4. The first-order chi connectivity index (χ1) is 9.92. The van der Waals surface area contributed by atoms with E-state index in [4.69, 9.17) is 4.98 Å². The fourth-order valence-electron chi connectivity index (χ4n) is 4.15. The van der Waals surface area contributed by atoms with E-state index in [-0.39, 0.29) is 5.54 Å². The molecule has 1 aromatic rings. The van der Waals surface area contributed by atoms with Gasteiger partial charge in [0.2, 0.25) is 0 Å². The minimum absolute atomic E-state index is 0.136. The van der Waals surface area contributed by atoms with E-state index in [2.05, 4.69) is 39.9 Å². The van der Waals surface area contributed by atoms with Gasteiger partial charge in [-0.15, -0.1) is 11.3 Å². The Morgan fingerprint density at radius 2 is 1.90 bits per heavy atom. The maximum Gasteiger partial charge on any atom is 0.114 e. The lowest BCUT2D eigenvalue weighted by molar-refractivity contribution is 0.0702. The number of nitrogens with zero attached hydrogens (tertiary/aromatic N) is 1. The molecule has 2 fully saturated rings. The Morgan fingerprint density at radius 1 is 1.19 bits per heavy atom. The molecular weight excluding hydrogens is 276 g/mol. The molecular formula is C18H30N2S. The number of nitrogens with one attached hydrogen (secondary N) is 1. The van der Waals surface area contributed by atoms with E-state index < -0.39 is 0 Å². The number of hydrogen-bond donors (Lipinski definition) is 1. The van der Waals surface area contributed by atoms with Crippen molar-refractivity contribution in [3.63, 3.8) is 0 Å². The van der Waals surface area contributed by atoms with Gasteiger partial charge < -0.3 is 5.32 Å². The summed E-state index contributed by atoms with van der Waals surface area (Å²) in [4.78, 5) is 6.40. The second-order valence-corrected chi connectivity index (χ2v) is 8.99. The zero-order chi connectivity index (χ0) is 15.2. The third-order valence-corrected chi connectivity index (χ3v) is 6.78. The summed E-state index contributed by atoms with van der Waals surface area (Å²) in [5.41, 5.74) is 1.36. The highest BCUT2D eigenvalue weighted by atomic mass is 32.1. The molecule has 3 heteroatoms. The van der Waals surface area contributed by atoms with Crippen molar-refractivity contribution in [1.29, 1.82) is 0 Å². The lowest BCUT2D eigenvalue weighted by atomic mass is 9.65. The summed E-state index contributed by atoms with van der Waals surface area (Å²) in [5, 5.41) is 5.44. The van der Waals surface area contributed by atoms with Crippen molar-refractivity contribution in [2.45, 2.75) is 78.3 Å². The fraction of sp³-hybridized carbons (Fsp3) is 0.833. The van der Waals surface area contributed by atoms with Crippen LogP contribution in [-0.2, 0) is 5.54 Å². The van der Waals surface area contributed by atoms with Crippen molar-refractivity contribution in [2.75, 3.05) is 0 Å². The van der Waals surface area contributed by atoms with E-state index in [1.807, 2.05) is 11.3 Å². The molecule has 3 unspecified atom stereocenters. The predicted octanol–water partition coefficient (Wildman–Crippen LogP) is 4.80. The van der Waals surface area contributed by atoms with Crippen LogP contribution in [0.25, 0.3) is 0 Å². The Hall–Kier alpha value is -0.410. The second-order valence-electron chi connectivity index (χ2n) is 7.79. The summed E-state index contributed by atoms with van der Waals surface area (Å²) >= 11 is 1.94. The van der Waals surface area contributed by atoms with Crippen LogP contribution in [0.2, 0.25) is 0 Å². The molecule has 2 saturated carbocycles. The van der Waals surface area contributed by atoms with E-state index in [1.165, 1.54) is 47.7 Å². The van der Waals surface area contributed by atoms with Crippen LogP contribution in [0.3, 0.4) is 0 Å². The van der Waals surface area contributed by atoms with Crippen LogP contribution < -0.4 is 5.32 Å². The zero-order valence-electron chi connectivity index (χ0n) is 14.2. The Morgan fingerprint density at radius 3 is 2.43 bits per heavy atom. The summed E-state index contributed by atoms with van der Waals surface area (Å²) in [6, 6.07) is 0.737. The second kappa shape index (κ2) is 5.66. The van der Waals surface area contributed by atoms with Crippen LogP contribution in [0.4, 0.5) is 0 Å². The van der Waals surface area contributed by atoms with Crippen molar-refractivity contribution in [1.82, 2.24) is 10.3 Å². The molecule has 0 aliphatic heterocycles. The molecule has 0 saturated heterocycles. The molecule has 0 radical (unpaired) electrons. The average molecular weight is 307 g/mol. The zero-order valence-corrected chi connectivity index (χ0v) is 15.0. The Balaban J connectivity index is 2.03. The minimum Gasteiger partial charge on any atom is -0.302 e. The average Bonchev–Trinajstić information content (AvgIpc) is 3.14. The van der Waals surface area contributed by atoms with Gasteiger partial charge in [-0.2, -0.15) is 0 Å². The van der Waals surface area contributed by atoms with Crippen molar-refractivity contribution < 1.29 is 0 Å². The van der Waals surface area contributed by atoms with Crippen LogP contribution in [-0.4, -0.2) is 11.0 Å². The largest absolute Gasteiger partial charge is 0.302 e. The molecule has 1 N–H and O–H groups in total. The summed E-state index contributed by atoms with van der Waals surface area (Å²) in [7, 11) is 0. The first-order valence-electron chi connectivity index (χ1n) is 8.64. The first kappa shape index (κ1) is 15.5. The predicted molar refractivity (Wildman–Crippen MR) is 90.8 cm³/mol. The van der Waals surface area contributed by atoms with Crippen LogP contribution in [0.5, 0.6) is 0 Å². The third-order valence-electron chi connectivity index (χ3n) is 5.53. The van der Waals surface area contributed by atoms with E-state index >= 15 is 0 Å². The molecule has 21 heavy (non-hydrogen) atoms. The van der Waals surface area contributed by atoms with Gasteiger partial charge in [0.25, 0.3) is 0 Å². The molecule has 0 amide bonds. The van der Waals surface area contributed by atoms with Gasteiger partial charge in [0.1, 0.15) is 5.01 Å². The van der Waals surface area contributed by atoms with Gasteiger partial charge in [0, 0.05) is 10.9 Å². The Kier molecular flexibility index (Phi) is 4.17. The van der Waals surface area contributed by atoms with Gasteiger partial charge in [-0.25, -0.2) is 4.98 Å². The lowest BCUT2D eigenvalue weighted by Gasteiger charge is -2.48. The van der Waals surface area contributed by atoms with Gasteiger partial charge in [0.05, 0.1) is 11.2 Å². The highest BCUT2D eigenvalue weighted by Crippen LogP contribution is 2.50. The Bertz CT molecular complexity index is 480. The van der Waals surface area contributed by atoms with Crippen molar-refractivity contribution >= 4 is 11.3 Å². The van der Waals surface area contributed by atoms with Gasteiger partial charge in [-0.3, -0.25) is 0 Å². The molecule has 2 aliphatic carbocycles. The van der Waals surface area contributed by atoms with Gasteiger partial charge in [0.15, 0.2) is 0 Å². The minimum atomic E-state index is 0.136. The van der Waals surface area contributed by atoms with E-state index in [1.54, 1.807) is 0 Å². The van der Waals surface area contributed by atoms with Gasteiger partial charge in [-0.1, -0.05) is 27.2 Å². The molecule has 2 nitrogen and oxygen atoms in total. The molecule has 3 atom stereocenters. The van der Waals surface area contributed by atoms with Gasteiger partial charge in [-0.05, 0) is 57.3 Å². The lowest BCUT2D eigenvalue weighted by Crippen LogP contribution is -2.54. The number of thiazole rings is 1. The van der Waals surface area contributed by atoms with Crippen LogP contribution in [0.1, 0.15) is 68.5 Å². The van der Waals surface area contributed by atoms with Crippen molar-refractivity contribution in [3.05, 3.63) is 15.6 Å². The van der Waals surface area contributed by atoms with Crippen molar-refractivity contribution in [2.24, 2.45) is 17.8 Å². The summed E-state index contributed by atoms with van der Waals surface area (Å²) in [5.74, 6) is 2.24. The third kappa shape index (κ3) is 2.92. The highest BCUT2D eigenvalue weighted by Gasteiger charge is 2.49. The normalized spacial score (nSPS) is 33.6. The summed E-state index contributed by atoms with van der Waals surface area (Å²) in [6.45, 7) is 11.6. The molecule has 0 bridgehead atoms. The maximum absolute atomic E-state index is 5.01. The number of hydrogen-bond acceptors (Lipinski definition) is 3. The van der Waals surface area contributed by atoms with E-state index in [9.17, 15) is 0 Å². The monoisotopic (exact) mass is 306 g/mol. The smallest absolute Gasteiger partial charge is 0.114 e. The highest BCUT2D eigenvalue weighted by molar-refractivity contribution is 7.11. The summed E-state index contributed by atoms with van der Waals surface area (Å²) < 4.78 is 0. The van der Waals surface area contributed by atoms with Crippen LogP contribution >= 0.6 is 11.3 Å². The number of aryl methyl sites for hydroxylation is 2. The van der Waals surface area contributed by atoms with E-state index in [0.29, 0.717) is 5.92 Å². The molecule has 1 heterocycles. The topological polar surface area (TPSA) is 24.9 Å². The molecule has 0 spiro atoms. The van der Waals surface area contributed by atoms with Gasteiger partial charge >= 0.3 is 0 Å². The standard InChI is InChI=1S/C18H30N2S/c1-11(2)16-9-6-12(3)10-18(16,20-15-7-8-15)17-19-13(4)14(5)21-17/h11-12,15-16,20H,6-10H2,1-5H3. The molecule has 3 rings (SSSR count). The molecule has 2 aliphatic rings. The molecule has 118 valence electrons. The van der Waals surface area contributed by atoms with Crippen molar-refractivity contribution in [3.8, 4) is 0 Å². The fourth-order valence-corrected chi connectivity index (χ4v) is 5.29. The molecule has 1 aromatic heterocycles. The summed E-state index contributed by atoms with van der Waals surface area (Å²) in [6.07, 6.45) is 6.68.